The first-order valence-corrected chi connectivity index (χ1v) is 24.4. The first-order valence-electron chi connectivity index (χ1n) is 24.4. The van der Waals surface area contributed by atoms with E-state index in [0.717, 1.165) is 123 Å². The van der Waals surface area contributed by atoms with Crippen molar-refractivity contribution in [3.63, 3.8) is 0 Å². The second kappa shape index (κ2) is 15.8. The minimum atomic E-state index is -0.0413. The Labute approximate surface area is 397 Å². The molecule has 4 heteroatoms. The smallest absolute Gasteiger partial charge is 0.138 e. The molecule has 1 unspecified atom stereocenters. The summed E-state index contributed by atoms with van der Waals surface area (Å²) in [6.07, 6.45) is 25.6. The Balaban J connectivity index is 0.874. The molecule has 4 nitrogen and oxygen atoms in total. The number of rotatable bonds is 8. The van der Waals surface area contributed by atoms with E-state index in [2.05, 4.69) is 166 Å². The van der Waals surface area contributed by atoms with Crippen LogP contribution in [0.25, 0.3) is 79.5 Å². The Hall–Kier alpha value is -7.56. The van der Waals surface area contributed by atoms with Crippen LogP contribution in [0.5, 0.6) is 0 Å². The van der Waals surface area contributed by atoms with E-state index < -0.39 is 0 Å². The van der Waals surface area contributed by atoms with E-state index in [1.807, 2.05) is 30.3 Å². The molecule has 1 atom stereocenters. The molecule has 5 aliphatic rings. The number of hydrogen-bond donors (Lipinski definition) is 0. The summed E-state index contributed by atoms with van der Waals surface area (Å²) in [5.41, 5.74) is 21.9. The van der Waals surface area contributed by atoms with Gasteiger partial charge in [-0.1, -0.05) is 118 Å². The van der Waals surface area contributed by atoms with E-state index in [0.29, 0.717) is 5.92 Å². The molecule has 0 amide bonds. The number of anilines is 2. The molecule has 8 aromatic rings. The van der Waals surface area contributed by atoms with Crippen LogP contribution in [0.3, 0.4) is 0 Å². The van der Waals surface area contributed by atoms with Crippen molar-refractivity contribution in [1.82, 2.24) is 0 Å². The fraction of sp³-hybridized carbons (Fsp3) is 0.188. The summed E-state index contributed by atoms with van der Waals surface area (Å²) < 4.78 is 19.0. The van der Waals surface area contributed by atoms with E-state index in [4.69, 9.17) is 13.3 Å². The Morgan fingerprint density at radius 2 is 1.44 bits per heavy atom. The third kappa shape index (κ3) is 6.48. The van der Waals surface area contributed by atoms with Gasteiger partial charge in [0.25, 0.3) is 0 Å². The lowest BCUT2D eigenvalue weighted by atomic mass is 9.70. The summed E-state index contributed by atoms with van der Waals surface area (Å²) in [7, 11) is 0. The number of para-hydroxylation sites is 2. The fourth-order valence-electron chi connectivity index (χ4n) is 12.1. The van der Waals surface area contributed by atoms with Crippen molar-refractivity contribution in [1.29, 1.82) is 0 Å². The van der Waals surface area contributed by atoms with Gasteiger partial charge in [0.2, 0.25) is 0 Å². The second-order valence-corrected chi connectivity index (χ2v) is 19.8. The minimum absolute atomic E-state index is 0.0413. The van der Waals surface area contributed by atoms with Crippen LogP contribution in [-0.4, -0.2) is 0 Å². The number of hydrogen-bond acceptors (Lipinski definition) is 4. The third-order valence-corrected chi connectivity index (χ3v) is 15.6. The molecule has 13 rings (SSSR count). The van der Waals surface area contributed by atoms with Gasteiger partial charge >= 0.3 is 0 Å². The zero-order valence-corrected chi connectivity index (χ0v) is 39.0. The van der Waals surface area contributed by atoms with Gasteiger partial charge < -0.3 is 18.2 Å². The molecule has 68 heavy (non-hydrogen) atoms. The standard InChI is InChI=1S/C64H53NO3/c1-5-58-54(51-14-7-9-18-59(51)66-58)35-39(2)40-21-27-44(28-22-40)65(45-29-23-41(24-30-45)42-26-34-62-55(36-42)52-15-8-10-19-60(52)67-62)46-31-33-49-48-32-25-43(37-56(48)64(3,4)57(49)38-46)47-16-12-17-53-50-13-6-11-20-61(50)68-63(47)53/h5-10,13-15,17-19,21-30,32,34-36,38,56H,1,11-12,16,20,31,33,37H2,2-4H3/b39-35+. The lowest BCUT2D eigenvalue weighted by molar-refractivity contribution is 0.332. The SMILES string of the molecule is C=Cc1oc2ccccc2c1/C=C(\C)c1ccc(N(C2=CC3=C(CC2)C2=CC=C(C4=c5oc6c(c5=CCC4)C=CCC6)CC2C3(C)C)c2ccc(-c3ccc4oc5ccccc5c4c3)cc2)cc1. The van der Waals surface area contributed by atoms with E-state index >= 15 is 0 Å². The minimum Gasteiger partial charge on any atom is -0.460 e. The second-order valence-electron chi connectivity index (χ2n) is 19.8. The highest BCUT2D eigenvalue weighted by atomic mass is 16.3. The molecular weight excluding hydrogens is 831 g/mol. The number of allylic oxidation sites excluding steroid dienone is 10. The van der Waals surface area contributed by atoms with Crippen molar-refractivity contribution in [2.45, 2.75) is 65.7 Å². The molecular formula is C64H53NO3. The Morgan fingerprint density at radius 1 is 0.706 bits per heavy atom. The highest BCUT2D eigenvalue weighted by Crippen LogP contribution is 2.58. The molecule has 5 aromatic carbocycles. The van der Waals surface area contributed by atoms with Crippen LogP contribution >= 0.6 is 0 Å². The quantitative estimate of drug-likeness (QED) is 0.152. The summed E-state index contributed by atoms with van der Waals surface area (Å²) in [5.74, 6) is 2.36. The summed E-state index contributed by atoms with van der Waals surface area (Å²) in [6.45, 7) is 11.2. The van der Waals surface area contributed by atoms with Crippen LogP contribution in [0.1, 0.15) is 87.5 Å². The maximum absolute atomic E-state index is 6.69. The van der Waals surface area contributed by atoms with Crippen molar-refractivity contribution in [2.24, 2.45) is 11.3 Å². The maximum atomic E-state index is 6.69. The molecule has 0 aliphatic heterocycles. The van der Waals surface area contributed by atoms with Gasteiger partial charge in [-0.25, -0.2) is 0 Å². The third-order valence-electron chi connectivity index (χ3n) is 15.6. The van der Waals surface area contributed by atoms with Crippen molar-refractivity contribution in [3.05, 3.63) is 213 Å². The van der Waals surface area contributed by atoms with Crippen LogP contribution < -0.4 is 15.5 Å². The van der Waals surface area contributed by atoms with Crippen molar-refractivity contribution < 1.29 is 13.3 Å². The molecule has 0 fully saturated rings. The summed E-state index contributed by atoms with van der Waals surface area (Å²) in [5, 5.41) is 4.69. The topological polar surface area (TPSA) is 42.7 Å². The molecule has 3 heterocycles. The largest absolute Gasteiger partial charge is 0.460 e. The zero-order chi connectivity index (χ0) is 45.7. The molecule has 5 aliphatic carbocycles. The number of nitrogens with zero attached hydrogens (tertiary/aromatic N) is 1. The predicted octanol–water partition coefficient (Wildman–Crippen LogP) is 16.2. The summed E-state index contributed by atoms with van der Waals surface area (Å²) in [4.78, 5) is 2.50. The predicted molar refractivity (Wildman–Crippen MR) is 282 cm³/mol. The molecule has 3 aromatic heterocycles. The van der Waals surface area contributed by atoms with Crippen LogP contribution in [0, 0.1) is 11.3 Å². The first kappa shape index (κ1) is 40.7. The molecule has 332 valence electrons. The molecule has 0 saturated carbocycles. The van der Waals surface area contributed by atoms with Crippen LogP contribution in [0.15, 0.2) is 187 Å². The lowest BCUT2D eigenvalue weighted by Crippen LogP contribution is -2.30. The van der Waals surface area contributed by atoms with Gasteiger partial charge in [0, 0.05) is 56.0 Å². The maximum Gasteiger partial charge on any atom is 0.138 e. The highest BCUT2D eigenvalue weighted by Gasteiger charge is 2.46. The molecule has 0 radical (unpaired) electrons. The highest BCUT2D eigenvalue weighted by molar-refractivity contribution is 6.06. The first-order chi connectivity index (χ1) is 33.3. The normalized spacial score (nSPS) is 18.5. The van der Waals surface area contributed by atoms with E-state index in [-0.39, 0.29) is 5.41 Å². The Bertz CT molecular complexity index is 3750. The van der Waals surface area contributed by atoms with Gasteiger partial charge in [-0.2, -0.15) is 0 Å². The van der Waals surface area contributed by atoms with Crippen LogP contribution in [0.4, 0.5) is 11.4 Å². The Morgan fingerprint density at radius 3 is 2.25 bits per heavy atom. The van der Waals surface area contributed by atoms with Crippen LogP contribution in [0.2, 0.25) is 0 Å². The zero-order valence-electron chi connectivity index (χ0n) is 39.0. The van der Waals surface area contributed by atoms with Gasteiger partial charge in [0.05, 0.1) is 0 Å². The number of furan rings is 3. The molecule has 0 N–H and O–H groups in total. The van der Waals surface area contributed by atoms with Gasteiger partial charge in [-0.3, -0.25) is 0 Å². The van der Waals surface area contributed by atoms with Gasteiger partial charge in [-0.05, 0) is 174 Å². The summed E-state index contributed by atoms with van der Waals surface area (Å²) in [6, 6.07) is 41.3. The average molecular weight is 884 g/mol. The number of benzene rings is 5. The molecule has 0 saturated heterocycles. The van der Waals surface area contributed by atoms with E-state index in [1.54, 1.807) is 5.57 Å². The van der Waals surface area contributed by atoms with Crippen molar-refractivity contribution in [2.75, 3.05) is 4.90 Å². The van der Waals surface area contributed by atoms with E-state index in [1.165, 1.54) is 49.9 Å². The van der Waals surface area contributed by atoms with Gasteiger partial charge in [0.1, 0.15) is 33.7 Å². The Kier molecular flexibility index (Phi) is 9.44. The average Bonchev–Trinajstić information content (AvgIpc) is 4.12. The fourth-order valence-corrected chi connectivity index (χ4v) is 12.1. The monoisotopic (exact) mass is 883 g/mol. The van der Waals surface area contributed by atoms with Crippen molar-refractivity contribution in [3.8, 4) is 11.1 Å². The number of aryl methyl sites for hydroxylation is 1. The summed E-state index contributed by atoms with van der Waals surface area (Å²) >= 11 is 0. The van der Waals surface area contributed by atoms with Crippen LogP contribution in [-0.2, 0) is 6.42 Å². The lowest BCUT2D eigenvalue weighted by Gasteiger charge is -2.35. The molecule has 0 bridgehead atoms. The van der Waals surface area contributed by atoms with Gasteiger partial charge in [-0.15, -0.1) is 0 Å². The number of fused-ring (bicyclic) bond motifs is 9. The molecule has 0 spiro atoms. The van der Waals surface area contributed by atoms with E-state index in [9.17, 15) is 0 Å². The van der Waals surface area contributed by atoms with Gasteiger partial charge in [0.15, 0.2) is 0 Å². The van der Waals surface area contributed by atoms with Crippen molar-refractivity contribution >= 4 is 79.7 Å².